The molecule has 0 heterocycles. The van der Waals surface area contributed by atoms with Gasteiger partial charge in [-0.05, 0) is 42.8 Å². The zero-order valence-electron chi connectivity index (χ0n) is 14.5. The van der Waals surface area contributed by atoms with Crippen molar-refractivity contribution in [3.63, 3.8) is 0 Å². The molecule has 6 nitrogen and oxygen atoms in total. The van der Waals surface area contributed by atoms with Gasteiger partial charge in [0.05, 0.1) is 17.5 Å². The molecule has 0 fully saturated rings. The van der Waals surface area contributed by atoms with Crippen molar-refractivity contribution < 1.29 is 31.1 Å². The molecule has 2 N–H and O–H groups in total. The molecule has 11 heteroatoms. The Morgan fingerprint density at radius 2 is 1.75 bits per heavy atom. The van der Waals surface area contributed by atoms with Gasteiger partial charge in [0.2, 0.25) is 15.9 Å². The molecule has 0 bridgehead atoms. The molecular weight excluding hydrogens is 421 g/mol. The number of carbonyl (C=O) groups is 1. The number of nitrogens with one attached hydrogen (secondary N) is 2. The molecule has 1 unspecified atom stereocenters. The Bertz CT molecular complexity index is 934. The lowest BCUT2D eigenvalue weighted by Gasteiger charge is -2.16. The zero-order chi connectivity index (χ0) is 20.9. The van der Waals surface area contributed by atoms with Crippen LogP contribution < -0.4 is 14.8 Å². The van der Waals surface area contributed by atoms with E-state index in [1.807, 2.05) is 0 Å². The molecule has 0 aliphatic rings. The summed E-state index contributed by atoms with van der Waals surface area (Å²) in [7, 11) is -4.10. The van der Waals surface area contributed by atoms with Crippen molar-refractivity contribution >= 4 is 27.5 Å². The van der Waals surface area contributed by atoms with Crippen LogP contribution in [0.25, 0.3) is 0 Å². The lowest BCUT2D eigenvalue weighted by Crippen LogP contribution is -2.38. The van der Waals surface area contributed by atoms with Gasteiger partial charge in [0, 0.05) is 5.02 Å². The molecule has 1 atom stereocenters. The first-order valence-corrected chi connectivity index (χ1v) is 9.73. The van der Waals surface area contributed by atoms with Gasteiger partial charge in [-0.15, -0.1) is 13.2 Å². The van der Waals surface area contributed by atoms with Gasteiger partial charge in [0.15, 0.2) is 0 Å². The highest BCUT2D eigenvalue weighted by molar-refractivity contribution is 7.89. The summed E-state index contributed by atoms with van der Waals surface area (Å²) in [5.41, 5.74) is 0.667. The van der Waals surface area contributed by atoms with E-state index < -0.39 is 40.6 Å². The van der Waals surface area contributed by atoms with E-state index in [4.69, 9.17) is 11.6 Å². The normalized spacial score (nSPS) is 13.0. The number of benzene rings is 2. The quantitative estimate of drug-likeness (QED) is 0.696. The van der Waals surface area contributed by atoms with Crippen LogP contribution in [0.5, 0.6) is 5.75 Å². The summed E-state index contributed by atoms with van der Waals surface area (Å²) in [5, 5.41) is 3.06. The summed E-state index contributed by atoms with van der Waals surface area (Å²) in [4.78, 5) is 11.7. The SMILES string of the molecule is CC(NC(=O)CNS(=O)(=O)c1ccc(OC(F)(F)F)cc1)c1ccccc1Cl. The van der Waals surface area contributed by atoms with Crippen molar-refractivity contribution in [2.24, 2.45) is 0 Å². The van der Waals surface area contributed by atoms with Crippen LogP contribution in [0.4, 0.5) is 13.2 Å². The second-order valence-electron chi connectivity index (χ2n) is 5.65. The second-order valence-corrected chi connectivity index (χ2v) is 7.83. The Balaban J connectivity index is 1.95. The maximum absolute atomic E-state index is 12.2. The van der Waals surface area contributed by atoms with Crippen LogP contribution in [0.15, 0.2) is 53.4 Å². The summed E-state index contributed by atoms with van der Waals surface area (Å²) in [6.45, 7) is 1.13. The van der Waals surface area contributed by atoms with Crippen LogP contribution in [0, 0.1) is 0 Å². The largest absolute Gasteiger partial charge is 0.573 e. The summed E-state index contributed by atoms with van der Waals surface area (Å²) in [6, 6.07) is 10.0. The van der Waals surface area contributed by atoms with Gasteiger partial charge in [0.1, 0.15) is 5.75 Å². The highest BCUT2D eigenvalue weighted by Gasteiger charge is 2.31. The van der Waals surface area contributed by atoms with E-state index in [1.165, 1.54) is 0 Å². The van der Waals surface area contributed by atoms with E-state index in [0.717, 1.165) is 24.3 Å². The standard InChI is InChI=1S/C17H16ClF3N2O4S/c1-11(14-4-2-3-5-15(14)18)23-16(24)10-22-28(25,26)13-8-6-12(7-9-13)27-17(19,20)21/h2-9,11,22H,10H2,1H3,(H,23,24). The molecule has 0 aromatic heterocycles. The van der Waals surface area contributed by atoms with Crippen LogP contribution in [0.2, 0.25) is 5.02 Å². The van der Waals surface area contributed by atoms with Gasteiger partial charge in [-0.3, -0.25) is 4.79 Å². The van der Waals surface area contributed by atoms with Gasteiger partial charge >= 0.3 is 6.36 Å². The Morgan fingerprint density at radius 1 is 1.14 bits per heavy atom. The number of alkyl halides is 3. The monoisotopic (exact) mass is 436 g/mol. The van der Waals surface area contributed by atoms with Gasteiger partial charge in [-0.2, -0.15) is 0 Å². The Kier molecular flexibility index (Phi) is 6.91. The topological polar surface area (TPSA) is 84.5 Å². The van der Waals surface area contributed by atoms with Crippen molar-refractivity contribution in [2.75, 3.05) is 6.54 Å². The van der Waals surface area contributed by atoms with E-state index in [2.05, 4.69) is 14.8 Å². The third-order valence-corrected chi connectivity index (χ3v) is 5.30. The predicted molar refractivity (Wildman–Crippen MR) is 96.3 cm³/mol. The number of halogens is 4. The maximum atomic E-state index is 12.2. The Hall–Kier alpha value is -2.30. The van der Waals surface area contributed by atoms with Crippen LogP contribution in [-0.2, 0) is 14.8 Å². The molecule has 2 rings (SSSR count). The molecule has 2 aromatic rings. The smallest absolute Gasteiger partial charge is 0.406 e. The van der Waals surface area contributed by atoms with E-state index in [9.17, 15) is 26.4 Å². The first kappa shape index (κ1) is 22.0. The summed E-state index contributed by atoms with van der Waals surface area (Å²) < 4.78 is 66.5. The lowest BCUT2D eigenvalue weighted by atomic mass is 10.1. The summed E-state index contributed by atoms with van der Waals surface area (Å²) >= 11 is 6.04. The third-order valence-electron chi connectivity index (χ3n) is 3.54. The molecule has 0 aliphatic carbocycles. The van der Waals surface area contributed by atoms with Gasteiger partial charge in [-0.1, -0.05) is 29.8 Å². The summed E-state index contributed by atoms with van der Waals surface area (Å²) in [6.07, 6.45) is -4.88. The fourth-order valence-electron chi connectivity index (χ4n) is 2.26. The molecule has 0 radical (unpaired) electrons. The van der Waals surface area contributed by atoms with E-state index >= 15 is 0 Å². The molecule has 1 amide bonds. The minimum absolute atomic E-state index is 0.311. The molecule has 2 aromatic carbocycles. The van der Waals surface area contributed by atoms with Crippen LogP contribution in [0.1, 0.15) is 18.5 Å². The predicted octanol–water partition coefficient (Wildman–Crippen LogP) is 3.39. The highest BCUT2D eigenvalue weighted by atomic mass is 35.5. The van der Waals surface area contributed by atoms with E-state index in [0.29, 0.717) is 10.6 Å². The fourth-order valence-corrected chi connectivity index (χ4v) is 3.54. The number of rotatable bonds is 7. The van der Waals surface area contributed by atoms with Gasteiger partial charge in [-0.25, -0.2) is 13.1 Å². The number of hydrogen-bond donors (Lipinski definition) is 2. The van der Waals surface area contributed by atoms with E-state index in [1.54, 1.807) is 31.2 Å². The minimum Gasteiger partial charge on any atom is -0.406 e. The minimum atomic E-state index is -4.88. The van der Waals surface area contributed by atoms with Gasteiger partial charge < -0.3 is 10.1 Å². The van der Waals surface area contributed by atoms with E-state index in [-0.39, 0.29) is 4.90 Å². The molecule has 0 saturated carbocycles. The average molecular weight is 437 g/mol. The molecule has 0 aliphatic heterocycles. The van der Waals surface area contributed by atoms with Crippen molar-refractivity contribution in [1.82, 2.24) is 10.0 Å². The first-order chi connectivity index (χ1) is 13.0. The van der Waals surface area contributed by atoms with Crippen molar-refractivity contribution in [3.8, 4) is 5.75 Å². The molecule has 152 valence electrons. The molecule has 0 saturated heterocycles. The number of hydrogen-bond acceptors (Lipinski definition) is 4. The lowest BCUT2D eigenvalue weighted by molar-refractivity contribution is -0.274. The number of sulfonamides is 1. The van der Waals surface area contributed by atoms with Crippen LogP contribution >= 0.6 is 11.6 Å². The Morgan fingerprint density at radius 3 is 2.32 bits per heavy atom. The highest BCUT2D eigenvalue weighted by Crippen LogP contribution is 2.24. The zero-order valence-corrected chi connectivity index (χ0v) is 16.0. The third kappa shape index (κ3) is 6.39. The van der Waals surface area contributed by atoms with Crippen LogP contribution in [0.3, 0.4) is 0 Å². The number of amides is 1. The maximum Gasteiger partial charge on any atom is 0.573 e. The Labute approximate surface area is 164 Å². The summed E-state index contributed by atoms with van der Waals surface area (Å²) in [5.74, 6) is -1.16. The van der Waals surface area contributed by atoms with Crippen molar-refractivity contribution in [3.05, 3.63) is 59.1 Å². The average Bonchev–Trinajstić information content (AvgIpc) is 2.59. The van der Waals surface area contributed by atoms with Crippen molar-refractivity contribution in [2.45, 2.75) is 24.2 Å². The molecule has 28 heavy (non-hydrogen) atoms. The molecular formula is C17H16ClF3N2O4S. The van der Waals surface area contributed by atoms with Crippen molar-refractivity contribution in [1.29, 1.82) is 0 Å². The van der Waals surface area contributed by atoms with Gasteiger partial charge in [0.25, 0.3) is 0 Å². The molecule has 0 spiro atoms. The number of carbonyl (C=O) groups excluding carboxylic acids is 1. The number of ether oxygens (including phenoxy) is 1. The van der Waals surface area contributed by atoms with Crippen LogP contribution in [-0.4, -0.2) is 27.2 Å². The first-order valence-electron chi connectivity index (χ1n) is 7.87. The fraction of sp³-hybridized carbons (Fsp3) is 0.235. The second kappa shape index (κ2) is 8.80.